The molecule has 0 unspecified atom stereocenters. The molecule has 4 heterocycles. The molecule has 0 spiro atoms. The zero-order valence-electron chi connectivity index (χ0n) is 68.5. The Morgan fingerprint density at radius 2 is 1.03 bits per heavy atom. The number of nitrogens with two attached hydrogens (primary N) is 3. The zero-order valence-corrected chi connectivity index (χ0v) is 69.3. The van der Waals surface area contributed by atoms with Gasteiger partial charge in [-0.25, -0.2) is 15.0 Å². The van der Waals surface area contributed by atoms with Gasteiger partial charge >= 0.3 is 0 Å². The second kappa shape index (κ2) is 47.9. The van der Waals surface area contributed by atoms with Crippen LogP contribution in [0.5, 0.6) is 0 Å². The molecular formula is C81H108N26O15S. The number of H-pyrrole nitrogens is 2. The lowest BCUT2D eigenvalue weighted by Gasteiger charge is -2.33. The molecule has 0 aliphatic carbocycles. The molecule has 0 radical (unpaired) electrons. The highest BCUT2D eigenvalue weighted by atomic mass is 32.2. The predicted molar refractivity (Wildman–Crippen MR) is 453 cm³/mol. The van der Waals surface area contributed by atoms with E-state index in [1.54, 1.807) is 104 Å². The number of carbonyl (C=O) groups excluding carboxylic acids is 14. The van der Waals surface area contributed by atoms with Gasteiger partial charge in [-0.3, -0.25) is 77.9 Å². The number of aryl methyl sites for hydroxylation is 1. The van der Waals surface area contributed by atoms with Crippen LogP contribution in [0.3, 0.4) is 0 Å². The number of carbonyl (C=O) groups is 14. The number of nitrogens with zero attached hydrogens (tertiary/aromatic N) is 5. The van der Waals surface area contributed by atoms with Crippen LogP contribution in [0.4, 0.5) is 0 Å². The molecule has 1 aliphatic rings. The molecule has 7 aromatic rings. The number of aromatic nitrogens is 6. The van der Waals surface area contributed by atoms with Crippen molar-refractivity contribution in [3.8, 4) is 0 Å². The van der Waals surface area contributed by atoms with Gasteiger partial charge in [-0.15, -0.1) is 11.8 Å². The number of primary amides is 1. The molecule has 0 bridgehead atoms. The Hall–Kier alpha value is -13.8. The number of aromatic amines is 2. The van der Waals surface area contributed by atoms with Crippen LogP contribution in [0.25, 0.3) is 10.8 Å². The second-order valence-corrected chi connectivity index (χ2v) is 30.6. The summed E-state index contributed by atoms with van der Waals surface area (Å²) in [4.78, 5) is 225. The lowest BCUT2D eigenvalue weighted by molar-refractivity contribution is -0.143. The molecule has 0 saturated carbocycles. The quantitative estimate of drug-likeness (QED) is 0.0138. The highest BCUT2D eigenvalue weighted by molar-refractivity contribution is 8.00. The number of aliphatic hydroxyl groups is 1. The third-order valence-corrected chi connectivity index (χ3v) is 21.3. The Balaban J connectivity index is 1.20. The summed E-state index contributed by atoms with van der Waals surface area (Å²) in [6.07, 6.45) is 6.55. The van der Waals surface area contributed by atoms with Crippen LogP contribution in [0, 0.1) is 16.7 Å². The SMILES string of the molecule is CC[C@H](C)[C@@H]1NC(=O)[C@H](Cc2ccccc2)NC(=O)CSC[C@@H](C(=O)NCC(N)=O)NC(=O)[C@H](Cc2cncn2C)NC(=O)[C@H](CCCNC(=N)N)NC(=O)[C@H](Cc2cnc[nH]2)NC(=O)[C@H](Cc2ccccc2)N(C)C(=O)[C@H](CCCNC(=N)N)NC(=O)[C@H](CO)NC(=O)CNC(=O)[C@H](Cc2cnc[nH]2)NC(=O)[C@H](Cc2cccc3ccccc23)NC1=O. The number of aliphatic hydroxyl groups excluding tert-OH is 1. The Kier molecular flexibility index (Phi) is 36.8. The van der Waals surface area contributed by atoms with Crippen LogP contribution in [0.2, 0.25) is 0 Å². The van der Waals surface area contributed by atoms with Crippen molar-refractivity contribution in [2.24, 2.45) is 30.2 Å². The van der Waals surface area contributed by atoms with E-state index in [9.17, 15) is 33.9 Å². The first-order valence-electron chi connectivity index (χ1n) is 39.9. The molecule has 4 aromatic carbocycles. The highest BCUT2D eigenvalue weighted by Gasteiger charge is 2.40. The summed E-state index contributed by atoms with van der Waals surface area (Å²) in [6.45, 7) is 0.736. The van der Waals surface area contributed by atoms with Crippen LogP contribution in [-0.4, -0.2) is 252 Å². The summed E-state index contributed by atoms with van der Waals surface area (Å²) in [7, 11) is 2.87. The van der Waals surface area contributed by atoms with Gasteiger partial charge in [-0.05, 0) is 59.1 Å². The fraction of sp³-hybridized carbons (Fsp3) is 0.420. The number of likely N-dealkylation sites (N-methyl/N-ethyl adjacent to an activating group) is 1. The first kappa shape index (κ1) is 94.7. The fourth-order valence-corrected chi connectivity index (χ4v) is 14.3. The number of benzene rings is 4. The van der Waals surface area contributed by atoms with Gasteiger partial charge in [-0.2, -0.15) is 0 Å². The molecule has 1 aliphatic heterocycles. The summed E-state index contributed by atoms with van der Waals surface area (Å²) >= 11 is 0.810. The minimum Gasteiger partial charge on any atom is -0.394 e. The first-order chi connectivity index (χ1) is 59.0. The minimum atomic E-state index is -1.83. The van der Waals surface area contributed by atoms with Crippen molar-refractivity contribution >= 4 is 117 Å². The lowest BCUT2D eigenvalue weighted by atomic mass is 9.95. The summed E-state index contributed by atoms with van der Waals surface area (Å²) < 4.78 is 1.54. The van der Waals surface area contributed by atoms with E-state index >= 15 is 38.4 Å². The van der Waals surface area contributed by atoms with Crippen molar-refractivity contribution in [3.05, 3.63) is 174 Å². The Bertz CT molecular complexity index is 4790. The molecule has 1 saturated heterocycles. The number of nitrogens with one attached hydrogen (secondary N) is 18. The number of rotatable bonds is 26. The Morgan fingerprint density at radius 3 is 1.62 bits per heavy atom. The number of guanidine groups is 2. The van der Waals surface area contributed by atoms with Crippen LogP contribution in [-0.2, 0) is 113 Å². The molecule has 123 heavy (non-hydrogen) atoms. The summed E-state index contributed by atoms with van der Waals surface area (Å²) in [5.41, 5.74) is 19.3. The maximum atomic E-state index is 15.4. The smallest absolute Gasteiger partial charge is 0.245 e. The highest BCUT2D eigenvalue weighted by Crippen LogP contribution is 2.22. The van der Waals surface area contributed by atoms with Gasteiger partial charge in [0.05, 0.1) is 44.4 Å². The summed E-state index contributed by atoms with van der Waals surface area (Å²) in [5.74, 6) is -15.7. The third kappa shape index (κ3) is 30.1. The molecule has 8 rings (SSSR count). The van der Waals surface area contributed by atoms with Gasteiger partial charge in [0.1, 0.15) is 66.5 Å². The Morgan fingerprint density at radius 1 is 0.528 bits per heavy atom. The first-order valence-corrected chi connectivity index (χ1v) is 41.0. The zero-order chi connectivity index (χ0) is 89.1. The second-order valence-electron chi connectivity index (χ2n) is 29.6. The molecule has 25 N–H and O–H groups in total. The van der Waals surface area contributed by atoms with Crippen molar-refractivity contribution in [1.82, 2.24) is 109 Å². The van der Waals surface area contributed by atoms with E-state index in [0.717, 1.165) is 22.0 Å². The van der Waals surface area contributed by atoms with Crippen molar-refractivity contribution in [3.63, 3.8) is 0 Å². The van der Waals surface area contributed by atoms with E-state index < -0.39 is 198 Å². The fourth-order valence-electron chi connectivity index (χ4n) is 13.4. The van der Waals surface area contributed by atoms with Crippen LogP contribution >= 0.6 is 11.8 Å². The number of hydrogen-bond donors (Lipinski definition) is 22. The summed E-state index contributed by atoms with van der Waals surface area (Å²) in [6, 6.07) is 12.3. The number of fused-ring (bicyclic) bond motifs is 1. The Labute approximate surface area is 712 Å². The average Bonchev–Trinajstić information content (AvgIpc) is 1.52. The van der Waals surface area contributed by atoms with E-state index in [-0.39, 0.29) is 83.7 Å². The number of hydrogen-bond acceptors (Lipinski definition) is 21. The summed E-state index contributed by atoms with van der Waals surface area (Å²) in [5, 5.41) is 64.9. The van der Waals surface area contributed by atoms with Gasteiger partial charge in [0.2, 0.25) is 82.7 Å². The number of imidazole rings is 3. The van der Waals surface area contributed by atoms with Gasteiger partial charge in [-0.1, -0.05) is 123 Å². The molecule has 3 aromatic heterocycles. The van der Waals surface area contributed by atoms with Gasteiger partial charge < -0.3 is 116 Å². The number of amides is 14. The maximum absolute atomic E-state index is 15.4. The van der Waals surface area contributed by atoms with Crippen molar-refractivity contribution in [2.45, 2.75) is 151 Å². The van der Waals surface area contributed by atoms with Crippen molar-refractivity contribution in [2.75, 3.05) is 51.3 Å². The molecule has 14 amide bonds. The molecule has 658 valence electrons. The van der Waals surface area contributed by atoms with E-state index in [1.807, 2.05) is 24.3 Å². The minimum absolute atomic E-state index is 0.0163. The van der Waals surface area contributed by atoms with Crippen LogP contribution in [0.1, 0.15) is 79.7 Å². The normalized spacial score (nSPS) is 21.9. The van der Waals surface area contributed by atoms with E-state index in [0.29, 0.717) is 39.2 Å². The van der Waals surface area contributed by atoms with Gasteiger partial charge in [0.25, 0.3) is 0 Å². The van der Waals surface area contributed by atoms with E-state index in [4.69, 9.17) is 28.0 Å². The largest absolute Gasteiger partial charge is 0.394 e. The van der Waals surface area contributed by atoms with Gasteiger partial charge in [0, 0.05) is 107 Å². The molecule has 1 fully saturated rings. The van der Waals surface area contributed by atoms with Crippen molar-refractivity contribution < 1.29 is 72.2 Å². The van der Waals surface area contributed by atoms with Crippen LogP contribution in [0.15, 0.2) is 141 Å². The lowest BCUT2D eigenvalue weighted by Crippen LogP contribution is -2.61. The predicted octanol–water partition coefficient (Wildman–Crippen LogP) is -4.52. The standard InChI is InChI=1S/C81H108N26O15S/c1-5-46(2)68-78(121)103-58(31-50-23-14-22-49-21-12-13-24-54(49)50)72(115)100-59(32-51-35-87-43-94-51)69(112)93-39-66(110)97-62(40-108)76(119)99-56(26-16-28-91-81(85)86)79(122)107(4)64(30-48-19-10-7-11-20-48)77(120)102-60(33-52-36-88-44-95-52)73(116)98-55(25-15-27-90-80(83)84)71(114)101-61(34-53-37-89-45-106(53)3)74(117)104-63(70(113)92-38-65(82)109)41-123-42-67(111)96-57(75(118)105-68)29-47-17-8-6-9-18-47/h6-14,17-24,35-37,43-46,55-64,68,108H,5,15-16,25-34,38-42H2,1-4H3,(H2,82,109)(H,87,94)(H,88,95)(H,92,113)(H,93,112)(H,96,111)(H,97,110)(H,98,116)(H,99,119)(H,100,115)(H,101,114)(H,102,120)(H,103,121)(H,104,117)(H,105,118)(H4,83,84,90)(H4,85,86,91)/t46-,55-,56-,57-,58-,59-,60-,61-,62-,63-,64-,68-/m0/s1. The van der Waals surface area contributed by atoms with Gasteiger partial charge in [0.15, 0.2) is 11.9 Å². The van der Waals surface area contributed by atoms with E-state index in [1.165, 1.54) is 44.6 Å². The molecule has 12 atom stereocenters. The molecular weight excluding hydrogens is 1610 g/mol. The van der Waals surface area contributed by atoms with Crippen LogP contribution < -0.4 is 91.6 Å². The monoisotopic (exact) mass is 1720 g/mol. The topological polar surface area (TPSA) is 632 Å². The molecule has 42 heteroatoms. The maximum Gasteiger partial charge on any atom is 0.245 e. The van der Waals surface area contributed by atoms with E-state index in [2.05, 4.69) is 99.4 Å². The number of thioether (sulfide) groups is 1. The average molecular weight is 1720 g/mol. The van der Waals surface area contributed by atoms with Crippen molar-refractivity contribution in [1.29, 1.82) is 10.8 Å². The molecule has 41 nitrogen and oxygen atoms in total. The third-order valence-electron chi connectivity index (χ3n) is 20.3.